The van der Waals surface area contributed by atoms with Crippen molar-refractivity contribution in [2.24, 2.45) is 7.05 Å². The largest absolute Gasteiger partial charge is 0.265 e. The van der Waals surface area contributed by atoms with Crippen LogP contribution in [0.25, 0.3) is 22.1 Å². The standard InChI is InChI=1S/C13H12N4S/c1-9-3-4-11(18-9)13-15-12(16-17(13)2)10-5-7-14-8-6-10/h3-8H,1-2H3. The molecule has 3 heterocycles. The SMILES string of the molecule is Cc1ccc(-c2nc(-c3ccncc3)nn2C)s1. The van der Waals surface area contributed by atoms with E-state index < -0.39 is 0 Å². The molecule has 0 saturated carbocycles. The van der Waals surface area contributed by atoms with Gasteiger partial charge in [-0.15, -0.1) is 11.3 Å². The molecular formula is C13H12N4S. The van der Waals surface area contributed by atoms with Gasteiger partial charge in [-0.3, -0.25) is 4.98 Å². The van der Waals surface area contributed by atoms with E-state index in [9.17, 15) is 0 Å². The summed E-state index contributed by atoms with van der Waals surface area (Å²) in [7, 11) is 1.92. The number of aromatic nitrogens is 4. The fourth-order valence-electron chi connectivity index (χ4n) is 1.78. The molecule has 0 aromatic carbocycles. The first kappa shape index (κ1) is 11.1. The molecule has 5 heteroatoms. The molecule has 0 radical (unpaired) electrons. The normalized spacial score (nSPS) is 10.8. The highest BCUT2D eigenvalue weighted by atomic mass is 32.1. The maximum atomic E-state index is 4.60. The van der Waals surface area contributed by atoms with Crippen LogP contribution in [0.2, 0.25) is 0 Å². The Morgan fingerprint density at radius 2 is 1.89 bits per heavy atom. The molecule has 18 heavy (non-hydrogen) atoms. The van der Waals surface area contributed by atoms with Crippen molar-refractivity contribution in [2.45, 2.75) is 6.92 Å². The highest BCUT2D eigenvalue weighted by molar-refractivity contribution is 7.15. The molecule has 0 aliphatic heterocycles. The lowest BCUT2D eigenvalue weighted by molar-refractivity contribution is 0.778. The molecule has 4 nitrogen and oxygen atoms in total. The van der Waals surface area contributed by atoms with Crippen LogP contribution in [0.3, 0.4) is 0 Å². The average molecular weight is 256 g/mol. The van der Waals surface area contributed by atoms with Crippen molar-refractivity contribution < 1.29 is 0 Å². The van der Waals surface area contributed by atoms with Crippen LogP contribution in [0.4, 0.5) is 0 Å². The Balaban J connectivity index is 2.06. The molecule has 0 aliphatic rings. The van der Waals surface area contributed by atoms with Crippen LogP contribution < -0.4 is 0 Å². The van der Waals surface area contributed by atoms with Crippen molar-refractivity contribution in [3.05, 3.63) is 41.5 Å². The summed E-state index contributed by atoms with van der Waals surface area (Å²) in [6.45, 7) is 2.09. The Morgan fingerprint density at radius 1 is 1.11 bits per heavy atom. The first-order chi connectivity index (χ1) is 8.74. The number of hydrogen-bond donors (Lipinski definition) is 0. The lowest BCUT2D eigenvalue weighted by Crippen LogP contribution is -1.92. The van der Waals surface area contributed by atoms with Crippen molar-refractivity contribution in [3.8, 4) is 22.1 Å². The van der Waals surface area contributed by atoms with Crippen LogP contribution in [0.5, 0.6) is 0 Å². The van der Waals surface area contributed by atoms with Crippen molar-refractivity contribution >= 4 is 11.3 Å². The topological polar surface area (TPSA) is 43.6 Å². The van der Waals surface area contributed by atoms with Gasteiger partial charge in [0.05, 0.1) is 4.88 Å². The summed E-state index contributed by atoms with van der Waals surface area (Å²) in [6.07, 6.45) is 3.50. The van der Waals surface area contributed by atoms with Crippen molar-refractivity contribution in [2.75, 3.05) is 0 Å². The number of rotatable bonds is 2. The molecule has 0 saturated heterocycles. The minimum atomic E-state index is 0.737. The molecule has 0 spiro atoms. The molecule has 0 N–H and O–H groups in total. The Bertz CT molecular complexity index is 669. The molecule has 0 fully saturated rings. The van der Waals surface area contributed by atoms with E-state index in [1.807, 2.05) is 23.9 Å². The summed E-state index contributed by atoms with van der Waals surface area (Å²) in [6, 6.07) is 8.01. The lowest BCUT2D eigenvalue weighted by atomic mass is 10.2. The Morgan fingerprint density at radius 3 is 2.56 bits per heavy atom. The van der Waals surface area contributed by atoms with E-state index in [2.05, 4.69) is 34.1 Å². The third-order valence-corrected chi connectivity index (χ3v) is 3.66. The quantitative estimate of drug-likeness (QED) is 0.708. The minimum absolute atomic E-state index is 0.737. The second-order valence-corrected chi connectivity index (χ2v) is 5.32. The fraction of sp³-hybridized carbons (Fsp3) is 0.154. The molecule has 0 atom stereocenters. The molecule has 3 rings (SSSR count). The third-order valence-electron chi connectivity index (χ3n) is 2.66. The van der Waals surface area contributed by atoms with E-state index in [4.69, 9.17) is 0 Å². The molecular weight excluding hydrogens is 244 g/mol. The Kier molecular flexibility index (Phi) is 2.68. The van der Waals surface area contributed by atoms with Crippen LogP contribution in [-0.4, -0.2) is 19.7 Å². The van der Waals surface area contributed by atoms with Gasteiger partial charge in [0.25, 0.3) is 0 Å². The number of aryl methyl sites for hydroxylation is 2. The number of nitrogens with zero attached hydrogens (tertiary/aromatic N) is 4. The number of pyridine rings is 1. The van der Waals surface area contributed by atoms with Crippen LogP contribution in [0.1, 0.15) is 4.88 Å². The first-order valence-corrected chi connectivity index (χ1v) is 6.44. The van der Waals surface area contributed by atoms with Crippen molar-refractivity contribution in [1.82, 2.24) is 19.7 Å². The van der Waals surface area contributed by atoms with Crippen LogP contribution in [0.15, 0.2) is 36.7 Å². The predicted molar refractivity (Wildman–Crippen MR) is 72.3 cm³/mol. The van der Waals surface area contributed by atoms with Gasteiger partial charge in [-0.05, 0) is 31.2 Å². The van der Waals surface area contributed by atoms with Gasteiger partial charge in [0.1, 0.15) is 0 Å². The van der Waals surface area contributed by atoms with Crippen LogP contribution >= 0.6 is 11.3 Å². The van der Waals surface area contributed by atoms with E-state index >= 15 is 0 Å². The molecule has 3 aromatic heterocycles. The zero-order valence-corrected chi connectivity index (χ0v) is 11.0. The smallest absolute Gasteiger partial charge is 0.181 e. The van der Waals surface area contributed by atoms with Crippen molar-refractivity contribution in [3.63, 3.8) is 0 Å². The Hall–Kier alpha value is -2.01. The molecule has 3 aromatic rings. The lowest BCUT2D eigenvalue weighted by Gasteiger charge is -1.93. The van der Waals surface area contributed by atoms with Gasteiger partial charge in [0, 0.05) is 29.9 Å². The van der Waals surface area contributed by atoms with E-state index in [0.717, 1.165) is 22.1 Å². The van der Waals surface area contributed by atoms with E-state index in [0.29, 0.717) is 0 Å². The highest BCUT2D eigenvalue weighted by Crippen LogP contribution is 2.27. The fourth-order valence-corrected chi connectivity index (χ4v) is 2.67. The van der Waals surface area contributed by atoms with E-state index in [1.54, 1.807) is 23.7 Å². The van der Waals surface area contributed by atoms with Crippen molar-refractivity contribution in [1.29, 1.82) is 0 Å². The third kappa shape index (κ3) is 1.93. The van der Waals surface area contributed by atoms with Gasteiger partial charge in [0.2, 0.25) is 0 Å². The highest BCUT2D eigenvalue weighted by Gasteiger charge is 2.12. The predicted octanol–water partition coefficient (Wildman–Crippen LogP) is 2.91. The monoisotopic (exact) mass is 256 g/mol. The number of thiophene rings is 1. The second-order valence-electron chi connectivity index (χ2n) is 4.03. The van der Waals surface area contributed by atoms with Gasteiger partial charge in [-0.2, -0.15) is 5.10 Å². The van der Waals surface area contributed by atoms with Gasteiger partial charge >= 0.3 is 0 Å². The van der Waals surface area contributed by atoms with Gasteiger partial charge in [-0.1, -0.05) is 0 Å². The summed E-state index contributed by atoms with van der Waals surface area (Å²) in [5.41, 5.74) is 0.986. The summed E-state index contributed by atoms with van der Waals surface area (Å²) < 4.78 is 1.82. The maximum Gasteiger partial charge on any atom is 0.181 e. The summed E-state index contributed by atoms with van der Waals surface area (Å²) in [4.78, 5) is 11.0. The van der Waals surface area contributed by atoms with Crippen LogP contribution in [-0.2, 0) is 7.05 Å². The van der Waals surface area contributed by atoms with Gasteiger partial charge < -0.3 is 0 Å². The molecule has 0 amide bonds. The summed E-state index contributed by atoms with van der Waals surface area (Å²) >= 11 is 1.73. The van der Waals surface area contributed by atoms with E-state index in [1.165, 1.54) is 4.88 Å². The van der Waals surface area contributed by atoms with Gasteiger partial charge in [0.15, 0.2) is 11.6 Å². The first-order valence-electron chi connectivity index (χ1n) is 5.62. The number of hydrogen-bond acceptors (Lipinski definition) is 4. The van der Waals surface area contributed by atoms with Gasteiger partial charge in [-0.25, -0.2) is 9.67 Å². The minimum Gasteiger partial charge on any atom is -0.265 e. The van der Waals surface area contributed by atoms with E-state index in [-0.39, 0.29) is 0 Å². The molecule has 90 valence electrons. The zero-order chi connectivity index (χ0) is 12.5. The molecule has 0 bridgehead atoms. The Labute approximate surface area is 109 Å². The second kappa shape index (κ2) is 4.34. The summed E-state index contributed by atoms with van der Waals surface area (Å²) in [5.74, 6) is 1.64. The van der Waals surface area contributed by atoms with Crippen LogP contribution in [0, 0.1) is 6.92 Å². The molecule has 0 aliphatic carbocycles. The molecule has 0 unspecified atom stereocenters. The average Bonchev–Trinajstić information content (AvgIpc) is 2.97. The maximum absolute atomic E-state index is 4.60. The summed E-state index contributed by atoms with van der Waals surface area (Å²) in [5, 5.41) is 4.45. The zero-order valence-electron chi connectivity index (χ0n) is 10.2.